The molecule has 6 rings (SSSR count). The second kappa shape index (κ2) is 10.8. The molecule has 1 saturated heterocycles. The zero-order valence-corrected chi connectivity index (χ0v) is 32.1. The number of carbonyl (C=O) groups is 1. The number of aliphatic hydroxyl groups is 1. The van der Waals surface area contributed by atoms with Gasteiger partial charge in [-0.2, -0.15) is 0 Å². The van der Waals surface area contributed by atoms with Crippen LogP contribution in [-0.4, -0.2) is 49.4 Å². The Kier molecular flexibility index (Phi) is 8.25. The van der Waals surface area contributed by atoms with Crippen LogP contribution in [0.1, 0.15) is 134 Å². The quantitative estimate of drug-likeness (QED) is 0.211. The molecular weight excluding hydrogens is 577 g/mol. The zero-order chi connectivity index (χ0) is 33.2. The first-order chi connectivity index (χ1) is 20.8. The molecule has 5 nitrogen and oxygen atoms in total. The van der Waals surface area contributed by atoms with E-state index < -0.39 is 20.0 Å². The predicted molar refractivity (Wildman–Crippen MR) is 183 cm³/mol. The Labute approximate surface area is 276 Å². The normalized spacial score (nSPS) is 49.1. The molecule has 0 aromatic carbocycles. The van der Waals surface area contributed by atoms with Crippen molar-refractivity contribution in [2.24, 2.45) is 56.7 Å². The molecule has 0 bridgehead atoms. The number of esters is 1. The van der Waals surface area contributed by atoms with Crippen LogP contribution in [0.15, 0.2) is 0 Å². The molecule has 0 aromatic rings. The molecule has 45 heavy (non-hydrogen) atoms. The topological polar surface area (TPSA) is 65.0 Å². The van der Waals surface area contributed by atoms with Crippen molar-refractivity contribution in [1.29, 1.82) is 0 Å². The molecule has 13 atom stereocenters. The summed E-state index contributed by atoms with van der Waals surface area (Å²) in [6.45, 7) is 27.5. The summed E-state index contributed by atoms with van der Waals surface area (Å²) in [5.74, 6) is 2.73. The lowest BCUT2D eigenvalue weighted by Crippen LogP contribution is -2.61. The first kappa shape index (κ1) is 34.4. The van der Waals surface area contributed by atoms with Gasteiger partial charge in [0.1, 0.15) is 0 Å². The van der Waals surface area contributed by atoms with E-state index >= 15 is 0 Å². The molecule has 5 saturated carbocycles. The van der Waals surface area contributed by atoms with E-state index in [1.165, 1.54) is 51.9 Å². The summed E-state index contributed by atoms with van der Waals surface area (Å²) in [7, 11) is -2.00. The molecule has 1 heterocycles. The van der Waals surface area contributed by atoms with E-state index in [2.05, 4.69) is 62.3 Å². The van der Waals surface area contributed by atoms with Crippen molar-refractivity contribution < 1.29 is 23.8 Å². The summed E-state index contributed by atoms with van der Waals surface area (Å²) in [6, 6.07) is 3.40. The lowest BCUT2D eigenvalue weighted by atomic mass is 9.41. The van der Waals surface area contributed by atoms with Crippen LogP contribution >= 0.6 is 0 Å². The number of fused-ring (bicyclic) bond motifs is 4. The Morgan fingerprint density at radius 1 is 0.956 bits per heavy atom. The van der Waals surface area contributed by atoms with Gasteiger partial charge in [0.25, 0.3) is 0 Å². The molecule has 1 N–H and O–H groups in total. The molecular formula is C39H68O5Si. The molecule has 258 valence electrons. The highest BCUT2D eigenvalue weighted by molar-refractivity contribution is 6.73. The Bertz CT molecular complexity index is 1150. The summed E-state index contributed by atoms with van der Waals surface area (Å²) in [5, 5.41) is 11.3. The van der Waals surface area contributed by atoms with Gasteiger partial charge in [-0.3, -0.25) is 4.79 Å². The minimum atomic E-state index is -2.00. The van der Waals surface area contributed by atoms with Gasteiger partial charge in [-0.25, -0.2) is 0 Å². The Hall–Kier alpha value is -0.433. The van der Waals surface area contributed by atoms with Crippen LogP contribution < -0.4 is 0 Å². The van der Waals surface area contributed by atoms with Crippen LogP contribution in [0.4, 0.5) is 0 Å². The molecule has 0 amide bonds. The second-order valence-corrected chi connectivity index (χ2v) is 23.7. The van der Waals surface area contributed by atoms with Crippen molar-refractivity contribution in [3.05, 3.63) is 0 Å². The fourth-order valence-electron chi connectivity index (χ4n) is 14.0. The fourth-order valence-corrected chi connectivity index (χ4v) is 16.9. The highest BCUT2D eigenvalue weighted by atomic mass is 28.4. The fraction of sp³-hybridized carbons (Fsp3) is 0.974. The van der Waals surface area contributed by atoms with E-state index in [1.54, 1.807) is 13.8 Å². The van der Waals surface area contributed by atoms with Gasteiger partial charge in [-0.05, 0) is 135 Å². The van der Waals surface area contributed by atoms with Crippen LogP contribution in [0.25, 0.3) is 0 Å². The maximum Gasteiger partial charge on any atom is 0.303 e. The van der Waals surface area contributed by atoms with Crippen molar-refractivity contribution in [1.82, 2.24) is 0 Å². The number of ether oxygens (including phenoxy) is 2. The minimum absolute atomic E-state index is 0.0227. The monoisotopic (exact) mass is 644 g/mol. The maximum absolute atomic E-state index is 12.3. The van der Waals surface area contributed by atoms with Gasteiger partial charge in [0.05, 0.1) is 23.9 Å². The molecule has 0 aromatic heterocycles. The summed E-state index contributed by atoms with van der Waals surface area (Å²) in [4.78, 5) is 12.3. The van der Waals surface area contributed by atoms with Crippen LogP contribution in [0.2, 0.25) is 18.1 Å². The van der Waals surface area contributed by atoms with Gasteiger partial charge in [0.15, 0.2) is 14.4 Å². The van der Waals surface area contributed by atoms with Crippen molar-refractivity contribution in [3.8, 4) is 0 Å². The highest BCUT2D eigenvalue weighted by Crippen LogP contribution is 2.89. The standard InChI is InChI=1S/C39H68O5Si/c1-13-45(14-2,15-3)44-33-31-30(24(4)22-27(43-31)32(35(9,10)41)42-26(6)40)36(11)20-21-39-23-38(39)19-18-25(5)34(7,8)28(38)16-17-29(39)37(33,36)12/h24-25,27-33,41H,13-23H2,1-12H3/t24-,25?,27-,28+,29+,30+,31+,32+,33+,36-,37-,38-,39+/m1/s1. The summed E-state index contributed by atoms with van der Waals surface area (Å²) in [5.41, 5.74) is 0.325. The first-order valence-corrected chi connectivity index (χ1v) is 21.6. The van der Waals surface area contributed by atoms with Crippen LogP contribution in [0.3, 0.4) is 0 Å². The SMILES string of the molecule is CC[Si](CC)(CC)O[C@H]1[C@H]2O[C@@H]([C@H](OC(C)=O)C(C)(C)O)C[C@@H](C)[C@@H]2[C@@]2(C)CC[C@@]34C[C@@]35CCC(C)C(C)(C)[C@@H]5CC[C@H]4[C@]12C. The molecule has 0 radical (unpaired) electrons. The molecule has 5 aliphatic carbocycles. The molecule has 6 fully saturated rings. The third-order valence-corrected chi connectivity index (χ3v) is 21.6. The Balaban J connectivity index is 1.45. The highest BCUT2D eigenvalue weighted by Gasteiger charge is 2.85. The van der Waals surface area contributed by atoms with Gasteiger partial charge in [-0.15, -0.1) is 0 Å². The smallest absolute Gasteiger partial charge is 0.303 e. The van der Waals surface area contributed by atoms with E-state index in [1.807, 2.05) is 0 Å². The summed E-state index contributed by atoms with van der Waals surface area (Å²) >= 11 is 0. The average Bonchev–Trinajstić information content (AvgIpc) is 3.59. The van der Waals surface area contributed by atoms with E-state index in [4.69, 9.17) is 13.9 Å². The van der Waals surface area contributed by atoms with Gasteiger partial charge in [0.2, 0.25) is 0 Å². The average molecular weight is 645 g/mol. The second-order valence-electron chi connectivity index (χ2n) is 19.0. The largest absolute Gasteiger partial charge is 0.457 e. The number of carbonyl (C=O) groups excluding carboxylic acids is 1. The molecule has 6 heteroatoms. The van der Waals surface area contributed by atoms with E-state index in [0.29, 0.717) is 34.0 Å². The van der Waals surface area contributed by atoms with Crippen LogP contribution in [-0.2, 0) is 18.7 Å². The van der Waals surface area contributed by atoms with Crippen LogP contribution in [0.5, 0.6) is 0 Å². The first-order valence-electron chi connectivity index (χ1n) is 19.1. The van der Waals surface area contributed by atoms with Crippen LogP contribution in [0, 0.1) is 56.7 Å². The van der Waals surface area contributed by atoms with Crippen molar-refractivity contribution in [2.75, 3.05) is 0 Å². The summed E-state index contributed by atoms with van der Waals surface area (Å²) < 4.78 is 21.0. The number of hydrogen-bond acceptors (Lipinski definition) is 5. The molecule has 2 spiro atoms. The van der Waals surface area contributed by atoms with Gasteiger partial charge < -0.3 is 19.0 Å². The van der Waals surface area contributed by atoms with E-state index in [0.717, 1.165) is 36.4 Å². The lowest BCUT2D eigenvalue weighted by Gasteiger charge is -2.64. The third-order valence-electron chi connectivity index (χ3n) is 17.0. The molecule has 6 aliphatic rings. The van der Waals surface area contributed by atoms with Gasteiger partial charge in [0, 0.05) is 12.3 Å². The third kappa shape index (κ3) is 4.48. The number of hydrogen-bond donors (Lipinski definition) is 1. The predicted octanol–water partition coefficient (Wildman–Crippen LogP) is 9.17. The van der Waals surface area contributed by atoms with Crippen molar-refractivity contribution >= 4 is 14.3 Å². The maximum atomic E-state index is 12.3. The van der Waals surface area contributed by atoms with Gasteiger partial charge >= 0.3 is 5.97 Å². The Morgan fingerprint density at radius 2 is 1.56 bits per heavy atom. The Morgan fingerprint density at radius 3 is 2.13 bits per heavy atom. The molecule has 1 unspecified atom stereocenters. The lowest BCUT2D eigenvalue weighted by molar-refractivity contribution is -0.215. The number of rotatable bonds is 8. The van der Waals surface area contributed by atoms with E-state index in [-0.39, 0.29) is 35.1 Å². The van der Waals surface area contributed by atoms with Crippen molar-refractivity contribution in [2.45, 2.75) is 183 Å². The van der Waals surface area contributed by atoms with E-state index in [9.17, 15) is 9.90 Å². The van der Waals surface area contributed by atoms with Crippen molar-refractivity contribution in [3.63, 3.8) is 0 Å². The zero-order valence-electron chi connectivity index (χ0n) is 31.1. The minimum Gasteiger partial charge on any atom is -0.457 e. The molecule has 1 aliphatic heterocycles. The van der Waals surface area contributed by atoms with Gasteiger partial charge in [-0.1, -0.05) is 62.3 Å². The summed E-state index contributed by atoms with van der Waals surface area (Å²) in [6.07, 6.45) is 9.30.